The van der Waals surface area contributed by atoms with Crippen molar-refractivity contribution in [2.75, 3.05) is 14.2 Å². The number of halogens is 3. The Hall–Kier alpha value is -2.70. The molecule has 0 radical (unpaired) electrons. The maximum atomic E-state index is 12.3. The Morgan fingerprint density at radius 1 is 1.04 bits per heavy atom. The van der Waals surface area contributed by atoms with Gasteiger partial charge in [0.15, 0.2) is 0 Å². The van der Waals surface area contributed by atoms with Crippen LogP contribution < -0.4 is 9.47 Å². The van der Waals surface area contributed by atoms with Crippen LogP contribution in [0.2, 0.25) is 0 Å². The minimum Gasteiger partial charge on any atom is -0.496 e. The summed E-state index contributed by atoms with van der Waals surface area (Å²) >= 11 is 0. The fraction of sp³-hybridized carbons (Fsp3) is 0.188. The molecule has 0 amide bonds. The first kappa shape index (κ1) is 16.7. The van der Waals surface area contributed by atoms with E-state index in [9.17, 15) is 18.0 Å². The lowest BCUT2D eigenvalue weighted by atomic mass is 9.98. The summed E-state index contributed by atoms with van der Waals surface area (Å²) < 4.78 is 50.8. The quantitative estimate of drug-likeness (QED) is 0.795. The predicted molar refractivity (Wildman–Crippen MR) is 76.5 cm³/mol. The molecule has 0 spiro atoms. The summed E-state index contributed by atoms with van der Waals surface area (Å²) in [4.78, 5) is 12.0. The first-order valence-corrected chi connectivity index (χ1v) is 6.47. The average molecular weight is 326 g/mol. The average Bonchev–Trinajstić information content (AvgIpc) is 2.52. The van der Waals surface area contributed by atoms with E-state index in [0.717, 1.165) is 0 Å². The van der Waals surface area contributed by atoms with E-state index in [0.29, 0.717) is 11.1 Å². The van der Waals surface area contributed by atoms with E-state index in [1.807, 2.05) is 0 Å². The number of rotatable bonds is 4. The second-order valence-electron chi connectivity index (χ2n) is 4.45. The van der Waals surface area contributed by atoms with E-state index in [1.165, 1.54) is 32.4 Å². The van der Waals surface area contributed by atoms with Crippen LogP contribution in [0.4, 0.5) is 13.2 Å². The molecule has 4 nitrogen and oxygen atoms in total. The number of benzene rings is 2. The van der Waals surface area contributed by atoms with E-state index < -0.39 is 12.3 Å². The second kappa shape index (κ2) is 6.60. The molecule has 0 N–H and O–H groups in total. The Labute approximate surface area is 130 Å². The second-order valence-corrected chi connectivity index (χ2v) is 4.45. The van der Waals surface area contributed by atoms with Gasteiger partial charge in [-0.3, -0.25) is 0 Å². The number of carbonyl (C=O) groups excluding carboxylic acids is 1. The monoisotopic (exact) mass is 326 g/mol. The summed E-state index contributed by atoms with van der Waals surface area (Å²) in [5.74, 6) is -0.773. The van der Waals surface area contributed by atoms with Crippen molar-refractivity contribution in [1.29, 1.82) is 0 Å². The van der Waals surface area contributed by atoms with Gasteiger partial charge in [0, 0.05) is 5.56 Å². The fourth-order valence-corrected chi connectivity index (χ4v) is 2.12. The minimum absolute atomic E-state index is 0.127. The van der Waals surface area contributed by atoms with Crippen molar-refractivity contribution in [3.8, 4) is 22.6 Å². The highest BCUT2D eigenvalue weighted by Gasteiger charge is 2.31. The number of esters is 1. The van der Waals surface area contributed by atoms with Crippen molar-refractivity contribution in [2.24, 2.45) is 0 Å². The van der Waals surface area contributed by atoms with Crippen LogP contribution in [0.25, 0.3) is 11.1 Å². The maximum absolute atomic E-state index is 12.3. The summed E-state index contributed by atoms with van der Waals surface area (Å²) in [5, 5.41) is 0. The van der Waals surface area contributed by atoms with E-state index in [2.05, 4.69) is 4.74 Å². The normalized spacial score (nSPS) is 11.0. The Balaban J connectivity index is 2.54. The summed E-state index contributed by atoms with van der Waals surface area (Å²) in [6.07, 6.45) is -4.79. The molecule has 0 unspecified atom stereocenters. The smallest absolute Gasteiger partial charge is 0.496 e. The van der Waals surface area contributed by atoms with Crippen LogP contribution in [0.1, 0.15) is 10.4 Å². The lowest BCUT2D eigenvalue weighted by Gasteiger charge is -2.14. The Kier molecular flexibility index (Phi) is 4.78. The summed E-state index contributed by atoms with van der Waals surface area (Å²) in [7, 11) is 2.59. The molecule has 2 aromatic rings. The SMILES string of the molecule is COC(=O)c1c(OC)cccc1-c1cccc(OC(F)(F)F)c1. The molecular weight excluding hydrogens is 313 g/mol. The lowest BCUT2D eigenvalue weighted by molar-refractivity contribution is -0.274. The third-order valence-electron chi connectivity index (χ3n) is 3.01. The van der Waals surface area contributed by atoms with Crippen LogP contribution in [0.15, 0.2) is 42.5 Å². The van der Waals surface area contributed by atoms with Gasteiger partial charge in [-0.2, -0.15) is 0 Å². The highest BCUT2D eigenvalue weighted by atomic mass is 19.4. The Bertz CT molecular complexity index is 711. The van der Waals surface area contributed by atoms with Crippen LogP contribution in [0, 0.1) is 0 Å². The van der Waals surface area contributed by atoms with Gasteiger partial charge in [0.2, 0.25) is 0 Å². The van der Waals surface area contributed by atoms with Crippen molar-refractivity contribution < 1.29 is 32.2 Å². The Morgan fingerprint density at radius 3 is 2.35 bits per heavy atom. The van der Waals surface area contributed by atoms with Crippen molar-refractivity contribution in [3.05, 3.63) is 48.0 Å². The van der Waals surface area contributed by atoms with Crippen LogP contribution in [0.5, 0.6) is 11.5 Å². The minimum atomic E-state index is -4.79. The van der Waals surface area contributed by atoms with Crippen LogP contribution in [-0.4, -0.2) is 26.6 Å². The van der Waals surface area contributed by atoms with Gasteiger partial charge in [-0.15, -0.1) is 13.2 Å². The highest BCUT2D eigenvalue weighted by Crippen LogP contribution is 2.34. The van der Waals surface area contributed by atoms with E-state index in [1.54, 1.807) is 24.3 Å². The van der Waals surface area contributed by atoms with Gasteiger partial charge in [-0.1, -0.05) is 24.3 Å². The topological polar surface area (TPSA) is 44.8 Å². The van der Waals surface area contributed by atoms with Crippen LogP contribution in [0.3, 0.4) is 0 Å². The molecule has 2 aromatic carbocycles. The van der Waals surface area contributed by atoms with Gasteiger partial charge in [0.1, 0.15) is 17.1 Å². The summed E-state index contributed by atoms with van der Waals surface area (Å²) in [6, 6.07) is 10.1. The number of ether oxygens (including phenoxy) is 3. The Morgan fingerprint density at radius 2 is 1.74 bits per heavy atom. The van der Waals surface area contributed by atoms with Crippen molar-refractivity contribution in [1.82, 2.24) is 0 Å². The zero-order valence-corrected chi connectivity index (χ0v) is 12.3. The molecule has 122 valence electrons. The fourth-order valence-electron chi connectivity index (χ4n) is 2.12. The molecule has 0 heterocycles. The highest BCUT2D eigenvalue weighted by molar-refractivity contribution is 6.00. The molecule has 2 rings (SSSR count). The van der Waals surface area contributed by atoms with Crippen molar-refractivity contribution in [2.45, 2.75) is 6.36 Å². The van der Waals surface area contributed by atoms with Crippen LogP contribution in [-0.2, 0) is 4.74 Å². The van der Waals surface area contributed by atoms with Crippen molar-refractivity contribution in [3.63, 3.8) is 0 Å². The van der Waals surface area contributed by atoms with Crippen LogP contribution >= 0.6 is 0 Å². The maximum Gasteiger partial charge on any atom is 0.573 e. The standard InChI is InChI=1S/C16H13F3O4/c1-21-13-8-4-7-12(14(13)15(20)22-2)10-5-3-6-11(9-10)23-16(17,18)19/h3-9H,1-2H3. The van der Waals surface area contributed by atoms with Gasteiger partial charge in [0.05, 0.1) is 14.2 Å². The van der Waals surface area contributed by atoms with Gasteiger partial charge in [-0.05, 0) is 23.8 Å². The first-order chi connectivity index (χ1) is 10.9. The van der Waals surface area contributed by atoms with Gasteiger partial charge in [0.25, 0.3) is 0 Å². The molecule has 0 aromatic heterocycles. The van der Waals surface area contributed by atoms with Gasteiger partial charge >= 0.3 is 12.3 Å². The number of hydrogen-bond donors (Lipinski definition) is 0. The molecule has 0 aliphatic heterocycles. The molecule has 23 heavy (non-hydrogen) atoms. The molecule has 0 aliphatic carbocycles. The van der Waals surface area contributed by atoms with Gasteiger partial charge in [-0.25, -0.2) is 4.79 Å². The summed E-state index contributed by atoms with van der Waals surface area (Å²) in [6.45, 7) is 0. The molecule has 0 saturated carbocycles. The molecule has 0 saturated heterocycles. The molecule has 0 atom stereocenters. The van der Waals surface area contributed by atoms with E-state index >= 15 is 0 Å². The van der Waals surface area contributed by atoms with Gasteiger partial charge < -0.3 is 14.2 Å². The number of hydrogen-bond acceptors (Lipinski definition) is 4. The largest absolute Gasteiger partial charge is 0.573 e. The third kappa shape index (κ3) is 3.94. The third-order valence-corrected chi connectivity index (χ3v) is 3.01. The number of alkyl halides is 3. The first-order valence-electron chi connectivity index (χ1n) is 6.47. The molecule has 0 aliphatic rings. The van der Waals surface area contributed by atoms with E-state index in [4.69, 9.17) is 9.47 Å². The van der Waals surface area contributed by atoms with Crippen molar-refractivity contribution >= 4 is 5.97 Å². The molecular formula is C16H13F3O4. The zero-order chi connectivity index (χ0) is 17.0. The number of carbonyl (C=O) groups is 1. The predicted octanol–water partition coefficient (Wildman–Crippen LogP) is 4.05. The van der Waals surface area contributed by atoms with E-state index in [-0.39, 0.29) is 17.1 Å². The lowest BCUT2D eigenvalue weighted by Crippen LogP contribution is -2.17. The molecule has 0 bridgehead atoms. The molecule has 0 fully saturated rings. The number of methoxy groups -OCH3 is 2. The molecule has 7 heteroatoms. The summed E-state index contributed by atoms with van der Waals surface area (Å²) in [5.41, 5.74) is 0.872. The zero-order valence-electron chi connectivity index (χ0n) is 12.3.